The Morgan fingerprint density at radius 1 is 1.40 bits per heavy atom. The smallest absolute Gasteiger partial charge is 0.137 e. The van der Waals surface area contributed by atoms with Crippen molar-refractivity contribution in [1.82, 2.24) is 0 Å². The zero-order valence-electron chi connectivity index (χ0n) is 8.77. The molecule has 84 valence electrons. The van der Waals surface area contributed by atoms with Gasteiger partial charge in [-0.1, -0.05) is 32.3 Å². The molecular formula is C12H15BrClF. The highest BCUT2D eigenvalue weighted by Crippen LogP contribution is 2.29. The highest BCUT2D eigenvalue weighted by molar-refractivity contribution is 9.10. The molecule has 0 aliphatic rings. The van der Waals surface area contributed by atoms with Gasteiger partial charge in [0, 0.05) is 0 Å². The summed E-state index contributed by atoms with van der Waals surface area (Å²) < 4.78 is 13.5. The van der Waals surface area contributed by atoms with Crippen molar-refractivity contribution in [3.63, 3.8) is 0 Å². The summed E-state index contributed by atoms with van der Waals surface area (Å²) in [6, 6.07) is 4.97. The molecule has 0 aliphatic heterocycles. The molecule has 1 unspecified atom stereocenters. The van der Waals surface area contributed by atoms with E-state index in [1.807, 2.05) is 0 Å². The maximum absolute atomic E-state index is 13.0. The lowest BCUT2D eigenvalue weighted by Crippen LogP contribution is -1.92. The van der Waals surface area contributed by atoms with Crippen molar-refractivity contribution in [1.29, 1.82) is 0 Å². The van der Waals surface area contributed by atoms with Crippen LogP contribution in [0.15, 0.2) is 22.7 Å². The van der Waals surface area contributed by atoms with Gasteiger partial charge in [0.15, 0.2) is 0 Å². The van der Waals surface area contributed by atoms with E-state index < -0.39 is 0 Å². The zero-order valence-corrected chi connectivity index (χ0v) is 11.1. The Kier molecular flexibility index (Phi) is 5.62. The van der Waals surface area contributed by atoms with Crippen LogP contribution in [0.2, 0.25) is 0 Å². The van der Waals surface area contributed by atoms with E-state index in [1.165, 1.54) is 18.9 Å². The minimum Gasteiger partial charge on any atom is -0.206 e. The molecule has 0 radical (unpaired) electrons. The fraction of sp³-hybridized carbons (Fsp3) is 0.500. The molecule has 0 saturated heterocycles. The zero-order chi connectivity index (χ0) is 11.3. The van der Waals surface area contributed by atoms with Gasteiger partial charge in [0.05, 0.1) is 9.85 Å². The lowest BCUT2D eigenvalue weighted by atomic mass is 10.1. The van der Waals surface area contributed by atoms with Gasteiger partial charge in [0.1, 0.15) is 5.82 Å². The first-order valence-corrected chi connectivity index (χ1v) is 6.47. The molecule has 3 heteroatoms. The van der Waals surface area contributed by atoms with E-state index in [1.54, 1.807) is 12.1 Å². The SMILES string of the molecule is CCCCCC(Cl)c1ccc(F)c(Br)c1. The first-order chi connectivity index (χ1) is 7.15. The Bertz CT molecular complexity index is 314. The van der Waals surface area contributed by atoms with Crippen LogP contribution in [0.5, 0.6) is 0 Å². The second-order valence-electron chi connectivity index (χ2n) is 3.64. The van der Waals surface area contributed by atoms with Crippen molar-refractivity contribution < 1.29 is 4.39 Å². The number of hydrogen-bond donors (Lipinski definition) is 0. The first-order valence-electron chi connectivity index (χ1n) is 5.24. The summed E-state index contributed by atoms with van der Waals surface area (Å²) in [7, 11) is 0. The van der Waals surface area contributed by atoms with Crippen molar-refractivity contribution in [2.45, 2.75) is 38.0 Å². The van der Waals surface area contributed by atoms with Crippen LogP contribution in [-0.2, 0) is 0 Å². The van der Waals surface area contributed by atoms with Crippen LogP contribution < -0.4 is 0 Å². The number of hydrogen-bond acceptors (Lipinski definition) is 0. The molecular weight excluding hydrogens is 278 g/mol. The Morgan fingerprint density at radius 3 is 2.73 bits per heavy atom. The average Bonchev–Trinajstić information content (AvgIpc) is 2.22. The van der Waals surface area contributed by atoms with E-state index in [9.17, 15) is 4.39 Å². The third kappa shape index (κ3) is 4.12. The minimum atomic E-state index is -0.240. The Labute approximate surface area is 104 Å². The highest BCUT2D eigenvalue weighted by Gasteiger charge is 2.09. The van der Waals surface area contributed by atoms with Crippen LogP contribution in [-0.4, -0.2) is 0 Å². The first kappa shape index (κ1) is 13.0. The molecule has 1 rings (SSSR count). The molecule has 0 spiro atoms. The fourth-order valence-corrected chi connectivity index (χ4v) is 2.13. The molecule has 1 aromatic carbocycles. The molecule has 0 saturated carbocycles. The van der Waals surface area contributed by atoms with E-state index in [2.05, 4.69) is 22.9 Å². The summed E-state index contributed by atoms with van der Waals surface area (Å²) in [5, 5.41) is -0.00606. The molecule has 0 N–H and O–H groups in total. The van der Waals surface area contributed by atoms with Gasteiger partial charge in [-0.3, -0.25) is 0 Å². The van der Waals surface area contributed by atoms with Crippen LogP contribution in [0.3, 0.4) is 0 Å². The van der Waals surface area contributed by atoms with Gasteiger partial charge in [0.2, 0.25) is 0 Å². The summed E-state index contributed by atoms with van der Waals surface area (Å²) in [5.74, 6) is -0.240. The summed E-state index contributed by atoms with van der Waals surface area (Å²) in [4.78, 5) is 0. The fourth-order valence-electron chi connectivity index (χ4n) is 1.45. The van der Waals surface area contributed by atoms with Gasteiger partial charge in [-0.15, -0.1) is 11.6 Å². The predicted octanol–water partition coefficient (Wildman–Crippen LogP) is 5.45. The second-order valence-corrected chi connectivity index (χ2v) is 5.02. The molecule has 0 heterocycles. The molecule has 0 nitrogen and oxygen atoms in total. The number of unbranched alkanes of at least 4 members (excludes halogenated alkanes) is 2. The molecule has 15 heavy (non-hydrogen) atoms. The standard InChI is InChI=1S/C12H15BrClF/c1-2-3-4-5-11(14)9-6-7-12(15)10(13)8-9/h6-8,11H,2-5H2,1H3. The van der Waals surface area contributed by atoms with E-state index in [0.717, 1.165) is 18.4 Å². The number of benzene rings is 1. The normalized spacial score (nSPS) is 12.8. The van der Waals surface area contributed by atoms with Crippen LogP contribution in [0, 0.1) is 5.82 Å². The number of rotatable bonds is 5. The average molecular weight is 294 g/mol. The molecule has 1 aromatic rings. The van der Waals surface area contributed by atoms with Crippen LogP contribution >= 0.6 is 27.5 Å². The van der Waals surface area contributed by atoms with Gasteiger partial charge in [-0.05, 0) is 40.0 Å². The highest BCUT2D eigenvalue weighted by atomic mass is 79.9. The minimum absolute atomic E-state index is 0.00606. The van der Waals surface area contributed by atoms with Gasteiger partial charge < -0.3 is 0 Å². The third-order valence-corrected chi connectivity index (χ3v) is 3.44. The monoisotopic (exact) mass is 292 g/mol. The Balaban J connectivity index is 2.57. The van der Waals surface area contributed by atoms with Crippen molar-refractivity contribution in [3.8, 4) is 0 Å². The summed E-state index contributed by atoms with van der Waals surface area (Å²) in [5.41, 5.74) is 0.987. The van der Waals surface area contributed by atoms with Crippen molar-refractivity contribution in [3.05, 3.63) is 34.1 Å². The number of alkyl halides is 1. The van der Waals surface area contributed by atoms with Gasteiger partial charge >= 0.3 is 0 Å². The van der Waals surface area contributed by atoms with Crippen molar-refractivity contribution >= 4 is 27.5 Å². The molecule has 0 aliphatic carbocycles. The summed E-state index contributed by atoms with van der Waals surface area (Å²) >= 11 is 9.39. The van der Waals surface area contributed by atoms with E-state index >= 15 is 0 Å². The van der Waals surface area contributed by atoms with E-state index in [0.29, 0.717) is 4.47 Å². The quantitative estimate of drug-likeness (QED) is 0.500. The topological polar surface area (TPSA) is 0 Å². The maximum Gasteiger partial charge on any atom is 0.137 e. The van der Waals surface area contributed by atoms with Crippen LogP contribution in [0.25, 0.3) is 0 Å². The third-order valence-electron chi connectivity index (χ3n) is 2.37. The predicted molar refractivity (Wildman–Crippen MR) is 66.8 cm³/mol. The van der Waals surface area contributed by atoms with Crippen LogP contribution in [0.1, 0.15) is 43.5 Å². The number of halogens is 3. The molecule has 0 bridgehead atoms. The lowest BCUT2D eigenvalue weighted by Gasteiger charge is -2.10. The summed E-state index contributed by atoms with van der Waals surface area (Å²) in [6.07, 6.45) is 4.47. The van der Waals surface area contributed by atoms with E-state index in [4.69, 9.17) is 11.6 Å². The summed E-state index contributed by atoms with van der Waals surface area (Å²) in [6.45, 7) is 2.16. The maximum atomic E-state index is 13.0. The van der Waals surface area contributed by atoms with Crippen molar-refractivity contribution in [2.75, 3.05) is 0 Å². The van der Waals surface area contributed by atoms with Gasteiger partial charge in [0.25, 0.3) is 0 Å². The molecule has 0 amide bonds. The molecule has 1 atom stereocenters. The molecule has 0 fully saturated rings. The molecule has 0 aromatic heterocycles. The van der Waals surface area contributed by atoms with E-state index in [-0.39, 0.29) is 11.2 Å². The largest absolute Gasteiger partial charge is 0.206 e. The lowest BCUT2D eigenvalue weighted by molar-refractivity contribution is 0.617. The van der Waals surface area contributed by atoms with Gasteiger partial charge in [-0.2, -0.15) is 0 Å². The Morgan fingerprint density at radius 2 is 2.13 bits per heavy atom. The second kappa shape index (κ2) is 6.49. The van der Waals surface area contributed by atoms with Crippen molar-refractivity contribution in [2.24, 2.45) is 0 Å². The van der Waals surface area contributed by atoms with Gasteiger partial charge in [-0.25, -0.2) is 4.39 Å². The van der Waals surface area contributed by atoms with Crippen LogP contribution in [0.4, 0.5) is 4.39 Å². The Hall–Kier alpha value is -0.0800.